The quantitative estimate of drug-likeness (QED) is 0.795. The molecule has 2 aromatic carbocycles. The van der Waals surface area contributed by atoms with E-state index < -0.39 is 0 Å². The standard InChI is InChI=1S/C20H21Cl2NO/c21-18-9-6-15(10-19(18)22)20(11-16-7-8-17(12-20)23-16)24-13-14-4-2-1-3-5-14/h1-6,9-10,16-17,23H,7-8,11-13H2/t16-,17+,20?. The molecule has 2 fully saturated rings. The summed E-state index contributed by atoms with van der Waals surface area (Å²) in [5, 5.41) is 4.89. The second-order valence-electron chi connectivity index (χ2n) is 6.94. The molecule has 2 aromatic rings. The summed E-state index contributed by atoms with van der Waals surface area (Å²) in [5.41, 5.74) is 2.05. The maximum Gasteiger partial charge on any atom is 0.0966 e. The monoisotopic (exact) mass is 361 g/mol. The molecule has 0 radical (unpaired) electrons. The van der Waals surface area contributed by atoms with Crippen molar-refractivity contribution in [3.05, 3.63) is 69.7 Å². The molecule has 2 aliphatic heterocycles. The van der Waals surface area contributed by atoms with Crippen molar-refractivity contribution in [3.8, 4) is 0 Å². The van der Waals surface area contributed by atoms with Crippen LogP contribution in [0.5, 0.6) is 0 Å². The van der Waals surface area contributed by atoms with Gasteiger partial charge in [-0.3, -0.25) is 0 Å². The van der Waals surface area contributed by atoms with Gasteiger partial charge in [-0.25, -0.2) is 0 Å². The molecular weight excluding hydrogens is 341 g/mol. The van der Waals surface area contributed by atoms with Crippen molar-refractivity contribution in [2.24, 2.45) is 0 Å². The lowest BCUT2D eigenvalue weighted by molar-refractivity contribution is -0.0928. The van der Waals surface area contributed by atoms with Crippen LogP contribution >= 0.6 is 23.2 Å². The number of nitrogens with one attached hydrogen (secondary N) is 1. The van der Waals surface area contributed by atoms with E-state index in [1.807, 2.05) is 18.2 Å². The molecule has 4 heteroatoms. The fourth-order valence-electron chi connectivity index (χ4n) is 4.12. The molecule has 0 amide bonds. The number of hydrogen-bond acceptors (Lipinski definition) is 2. The first-order valence-electron chi connectivity index (χ1n) is 8.54. The average molecular weight is 362 g/mol. The van der Waals surface area contributed by atoms with Gasteiger partial charge >= 0.3 is 0 Å². The minimum Gasteiger partial charge on any atom is -0.365 e. The number of rotatable bonds is 4. The molecule has 0 aliphatic carbocycles. The SMILES string of the molecule is Clc1ccc(C2(OCc3ccccc3)C[C@H]3CC[C@@H](C2)N3)cc1Cl. The highest BCUT2D eigenvalue weighted by Crippen LogP contribution is 2.45. The molecule has 126 valence electrons. The first kappa shape index (κ1) is 16.4. The Morgan fingerprint density at radius 2 is 1.67 bits per heavy atom. The zero-order chi connectivity index (χ0) is 16.6. The molecule has 1 N–H and O–H groups in total. The van der Waals surface area contributed by atoms with Crippen molar-refractivity contribution in [2.75, 3.05) is 0 Å². The van der Waals surface area contributed by atoms with Crippen molar-refractivity contribution in [1.82, 2.24) is 5.32 Å². The van der Waals surface area contributed by atoms with E-state index >= 15 is 0 Å². The maximum absolute atomic E-state index is 6.58. The first-order valence-corrected chi connectivity index (χ1v) is 9.30. The molecule has 2 bridgehead atoms. The van der Waals surface area contributed by atoms with E-state index in [2.05, 4.69) is 35.6 Å². The third kappa shape index (κ3) is 3.21. The number of ether oxygens (including phenoxy) is 1. The van der Waals surface area contributed by atoms with Crippen LogP contribution in [-0.4, -0.2) is 12.1 Å². The van der Waals surface area contributed by atoms with Crippen LogP contribution in [0, 0.1) is 0 Å². The second kappa shape index (κ2) is 6.68. The van der Waals surface area contributed by atoms with Crippen LogP contribution in [0.4, 0.5) is 0 Å². The van der Waals surface area contributed by atoms with Crippen LogP contribution in [0.15, 0.2) is 48.5 Å². The lowest BCUT2D eigenvalue weighted by atomic mass is 9.81. The lowest BCUT2D eigenvalue weighted by Gasteiger charge is -2.42. The number of fused-ring (bicyclic) bond motifs is 2. The highest BCUT2D eigenvalue weighted by atomic mass is 35.5. The Morgan fingerprint density at radius 3 is 2.33 bits per heavy atom. The Morgan fingerprint density at radius 1 is 0.958 bits per heavy atom. The average Bonchev–Trinajstić information content (AvgIpc) is 2.95. The zero-order valence-electron chi connectivity index (χ0n) is 13.5. The van der Waals surface area contributed by atoms with Crippen LogP contribution in [-0.2, 0) is 16.9 Å². The predicted octanol–water partition coefficient (Wildman–Crippen LogP) is 5.32. The van der Waals surface area contributed by atoms with Crippen LogP contribution < -0.4 is 5.32 Å². The highest BCUT2D eigenvalue weighted by molar-refractivity contribution is 6.42. The molecule has 3 atom stereocenters. The van der Waals surface area contributed by atoms with Crippen LogP contribution in [0.3, 0.4) is 0 Å². The van der Waals surface area contributed by atoms with Gasteiger partial charge in [0.1, 0.15) is 0 Å². The van der Waals surface area contributed by atoms with Crippen LogP contribution in [0.2, 0.25) is 10.0 Å². The summed E-state index contributed by atoms with van der Waals surface area (Å²) in [4.78, 5) is 0. The first-order chi connectivity index (χ1) is 11.6. The Bertz CT molecular complexity index is 707. The summed E-state index contributed by atoms with van der Waals surface area (Å²) in [6, 6.07) is 17.3. The van der Waals surface area contributed by atoms with Gasteiger partial charge in [0, 0.05) is 12.1 Å². The molecule has 0 spiro atoms. The van der Waals surface area contributed by atoms with Gasteiger partial charge in [0.25, 0.3) is 0 Å². The molecule has 4 rings (SSSR count). The second-order valence-corrected chi connectivity index (χ2v) is 7.76. The smallest absolute Gasteiger partial charge is 0.0966 e. The number of piperidine rings is 1. The summed E-state index contributed by atoms with van der Waals surface area (Å²) in [7, 11) is 0. The van der Waals surface area contributed by atoms with Gasteiger partial charge < -0.3 is 10.1 Å². The van der Waals surface area contributed by atoms with Gasteiger partial charge in [0.15, 0.2) is 0 Å². The summed E-state index contributed by atoms with van der Waals surface area (Å²) < 4.78 is 6.58. The van der Waals surface area contributed by atoms with E-state index in [4.69, 9.17) is 27.9 Å². The van der Waals surface area contributed by atoms with Gasteiger partial charge in [-0.1, -0.05) is 59.6 Å². The van der Waals surface area contributed by atoms with E-state index in [-0.39, 0.29) is 5.60 Å². The fourth-order valence-corrected chi connectivity index (χ4v) is 4.41. The zero-order valence-corrected chi connectivity index (χ0v) is 15.0. The van der Waals surface area contributed by atoms with Crippen LogP contribution in [0.25, 0.3) is 0 Å². The Kier molecular flexibility index (Phi) is 4.57. The summed E-state index contributed by atoms with van der Waals surface area (Å²) in [6.45, 7) is 0.612. The number of benzene rings is 2. The van der Waals surface area contributed by atoms with Gasteiger partial charge in [-0.15, -0.1) is 0 Å². The third-order valence-electron chi connectivity index (χ3n) is 5.29. The normalized spacial score (nSPS) is 28.9. The van der Waals surface area contributed by atoms with Crippen molar-refractivity contribution in [2.45, 2.75) is 50.0 Å². The van der Waals surface area contributed by atoms with Gasteiger partial charge in [0.2, 0.25) is 0 Å². The predicted molar refractivity (Wildman–Crippen MR) is 98.6 cm³/mol. The van der Waals surface area contributed by atoms with Crippen LogP contribution in [0.1, 0.15) is 36.8 Å². The summed E-state index contributed by atoms with van der Waals surface area (Å²) >= 11 is 12.4. The highest BCUT2D eigenvalue weighted by Gasteiger charge is 2.45. The molecule has 1 unspecified atom stereocenters. The molecule has 2 heterocycles. The molecule has 0 aromatic heterocycles. The maximum atomic E-state index is 6.58. The Balaban J connectivity index is 1.65. The van der Waals surface area contributed by atoms with Crippen molar-refractivity contribution < 1.29 is 4.74 Å². The third-order valence-corrected chi connectivity index (χ3v) is 6.03. The Hall–Kier alpha value is -1.06. The molecule has 2 aliphatic rings. The number of halogens is 2. The molecule has 24 heavy (non-hydrogen) atoms. The van der Waals surface area contributed by atoms with Crippen molar-refractivity contribution in [1.29, 1.82) is 0 Å². The summed E-state index contributed by atoms with van der Waals surface area (Å²) in [5.74, 6) is 0. The minimum absolute atomic E-state index is 0.291. The largest absolute Gasteiger partial charge is 0.365 e. The lowest BCUT2D eigenvalue weighted by Crippen LogP contribution is -2.48. The summed E-state index contributed by atoms with van der Waals surface area (Å²) in [6.07, 6.45) is 4.41. The fraction of sp³-hybridized carbons (Fsp3) is 0.400. The molecule has 2 saturated heterocycles. The van der Waals surface area contributed by atoms with Crippen molar-refractivity contribution >= 4 is 23.2 Å². The van der Waals surface area contributed by atoms with E-state index in [0.29, 0.717) is 28.7 Å². The molecule has 2 nitrogen and oxygen atoms in total. The Labute approximate surface area is 153 Å². The molecular formula is C20H21Cl2NO. The van der Waals surface area contributed by atoms with Crippen molar-refractivity contribution in [3.63, 3.8) is 0 Å². The molecule has 0 saturated carbocycles. The topological polar surface area (TPSA) is 21.3 Å². The van der Waals surface area contributed by atoms with E-state index in [9.17, 15) is 0 Å². The van der Waals surface area contributed by atoms with Gasteiger partial charge in [0.05, 0.1) is 22.3 Å². The number of hydrogen-bond donors (Lipinski definition) is 1. The van der Waals surface area contributed by atoms with E-state index in [1.165, 1.54) is 18.4 Å². The minimum atomic E-state index is -0.291. The van der Waals surface area contributed by atoms with E-state index in [0.717, 1.165) is 18.4 Å². The van der Waals surface area contributed by atoms with E-state index in [1.54, 1.807) is 0 Å². The van der Waals surface area contributed by atoms with Gasteiger partial charge in [-0.2, -0.15) is 0 Å². The van der Waals surface area contributed by atoms with Gasteiger partial charge in [-0.05, 0) is 48.9 Å².